The summed E-state index contributed by atoms with van der Waals surface area (Å²) in [5.74, 6) is 1.87. The van der Waals surface area contributed by atoms with Gasteiger partial charge in [-0.1, -0.05) is 44.2 Å². The summed E-state index contributed by atoms with van der Waals surface area (Å²) < 4.78 is 6.03. The van der Waals surface area contributed by atoms with Crippen molar-refractivity contribution in [1.82, 2.24) is 9.97 Å². The Labute approximate surface area is 123 Å². The lowest BCUT2D eigenvalue weighted by Gasteiger charge is -2.14. The summed E-state index contributed by atoms with van der Waals surface area (Å²) >= 11 is 0. The molecule has 1 heterocycles. The highest BCUT2D eigenvalue weighted by molar-refractivity contribution is 5.84. The molecule has 21 heavy (non-hydrogen) atoms. The molecule has 3 aromatic rings. The van der Waals surface area contributed by atoms with Crippen molar-refractivity contribution in [2.45, 2.75) is 19.8 Å². The van der Waals surface area contributed by atoms with Gasteiger partial charge in [-0.15, -0.1) is 0 Å². The summed E-state index contributed by atoms with van der Waals surface area (Å²) in [6, 6.07) is 15.7. The Bertz CT molecular complexity index is 784. The van der Waals surface area contributed by atoms with Gasteiger partial charge in [0.25, 0.3) is 0 Å². The number of fused-ring (bicyclic) bond motifs is 1. The molecule has 0 saturated heterocycles. The number of nitrogens with zero attached hydrogens (tertiary/aromatic N) is 2. The first kappa shape index (κ1) is 13.4. The molecular weight excluding hydrogens is 262 g/mol. The lowest BCUT2D eigenvalue weighted by atomic mass is 10.0. The molecule has 0 amide bonds. The van der Waals surface area contributed by atoms with Crippen LogP contribution in [-0.2, 0) is 0 Å². The first-order valence-corrected chi connectivity index (χ1v) is 6.94. The molecule has 0 saturated carbocycles. The van der Waals surface area contributed by atoms with Crippen LogP contribution in [0.25, 0.3) is 10.9 Å². The van der Waals surface area contributed by atoms with Crippen LogP contribution in [0.3, 0.4) is 0 Å². The molecule has 3 rings (SSSR count). The summed E-state index contributed by atoms with van der Waals surface area (Å²) in [6.45, 7) is 4.27. The van der Waals surface area contributed by atoms with Crippen molar-refractivity contribution in [2.75, 3.05) is 5.73 Å². The Hall–Kier alpha value is -2.62. The van der Waals surface area contributed by atoms with Gasteiger partial charge in [0.05, 0.1) is 10.9 Å². The van der Waals surface area contributed by atoms with Crippen LogP contribution < -0.4 is 10.5 Å². The van der Waals surface area contributed by atoms with Gasteiger partial charge in [0.2, 0.25) is 11.8 Å². The number of ether oxygens (including phenoxy) is 1. The lowest BCUT2D eigenvalue weighted by molar-refractivity contribution is 0.460. The number of nitrogens with two attached hydrogens (primary N) is 1. The Morgan fingerprint density at radius 1 is 0.952 bits per heavy atom. The summed E-state index contributed by atoms with van der Waals surface area (Å²) in [5, 5.41) is 0.852. The van der Waals surface area contributed by atoms with E-state index in [2.05, 4.69) is 29.9 Å². The van der Waals surface area contributed by atoms with E-state index in [0.29, 0.717) is 11.8 Å². The van der Waals surface area contributed by atoms with Gasteiger partial charge < -0.3 is 10.5 Å². The van der Waals surface area contributed by atoms with E-state index in [1.165, 1.54) is 0 Å². The van der Waals surface area contributed by atoms with E-state index < -0.39 is 0 Å². The number of anilines is 1. The lowest BCUT2D eigenvalue weighted by Crippen LogP contribution is -2.00. The Balaban J connectivity index is 2.10. The standard InChI is InChI=1S/C17H17N3O/c1-11(2)12-7-4-6-10-15(12)21-16-13-8-3-5-9-14(13)19-17(18)20-16/h3-11H,1-2H3,(H2,18,19,20). The van der Waals surface area contributed by atoms with Gasteiger partial charge in [-0.25, -0.2) is 4.98 Å². The van der Waals surface area contributed by atoms with Gasteiger partial charge in [-0.05, 0) is 29.7 Å². The number of benzene rings is 2. The topological polar surface area (TPSA) is 61.0 Å². The molecule has 0 bridgehead atoms. The van der Waals surface area contributed by atoms with Crippen molar-refractivity contribution in [3.8, 4) is 11.6 Å². The van der Waals surface area contributed by atoms with E-state index in [4.69, 9.17) is 10.5 Å². The smallest absolute Gasteiger partial charge is 0.231 e. The second-order valence-electron chi connectivity index (χ2n) is 5.20. The summed E-state index contributed by atoms with van der Waals surface area (Å²) in [7, 11) is 0. The zero-order valence-electron chi connectivity index (χ0n) is 12.1. The number of hydrogen-bond acceptors (Lipinski definition) is 4. The molecule has 0 spiro atoms. The Morgan fingerprint density at radius 3 is 2.48 bits per heavy atom. The van der Waals surface area contributed by atoms with E-state index in [0.717, 1.165) is 22.2 Å². The fraction of sp³-hybridized carbons (Fsp3) is 0.176. The van der Waals surface area contributed by atoms with Gasteiger partial charge in [-0.3, -0.25) is 0 Å². The van der Waals surface area contributed by atoms with Crippen molar-refractivity contribution in [3.63, 3.8) is 0 Å². The Morgan fingerprint density at radius 2 is 1.67 bits per heavy atom. The highest BCUT2D eigenvalue weighted by atomic mass is 16.5. The zero-order chi connectivity index (χ0) is 14.8. The van der Waals surface area contributed by atoms with E-state index in [-0.39, 0.29) is 5.95 Å². The van der Waals surface area contributed by atoms with Crippen LogP contribution in [0, 0.1) is 0 Å². The number of nitrogen functional groups attached to an aromatic ring is 1. The van der Waals surface area contributed by atoms with Crippen LogP contribution in [0.15, 0.2) is 48.5 Å². The van der Waals surface area contributed by atoms with Crippen LogP contribution >= 0.6 is 0 Å². The highest BCUT2D eigenvalue weighted by Crippen LogP contribution is 2.32. The van der Waals surface area contributed by atoms with Gasteiger partial charge in [-0.2, -0.15) is 4.98 Å². The molecule has 0 aliphatic rings. The third-order valence-corrected chi connectivity index (χ3v) is 3.33. The predicted molar refractivity (Wildman–Crippen MR) is 84.6 cm³/mol. The minimum absolute atomic E-state index is 0.214. The number of aromatic nitrogens is 2. The van der Waals surface area contributed by atoms with E-state index in [9.17, 15) is 0 Å². The molecule has 2 aromatic carbocycles. The van der Waals surface area contributed by atoms with Crippen LogP contribution in [0.2, 0.25) is 0 Å². The first-order valence-electron chi connectivity index (χ1n) is 6.94. The molecule has 2 N–H and O–H groups in total. The van der Waals surface area contributed by atoms with Crippen LogP contribution in [0.4, 0.5) is 5.95 Å². The molecule has 0 radical (unpaired) electrons. The van der Waals surface area contributed by atoms with E-state index >= 15 is 0 Å². The summed E-state index contributed by atoms with van der Waals surface area (Å²) in [5.41, 5.74) is 7.69. The predicted octanol–water partition coefficient (Wildman–Crippen LogP) is 4.13. The van der Waals surface area contributed by atoms with Gasteiger partial charge in [0.15, 0.2) is 0 Å². The van der Waals surface area contributed by atoms with E-state index in [1.807, 2.05) is 42.5 Å². The summed E-state index contributed by atoms with van der Waals surface area (Å²) in [4.78, 5) is 8.46. The maximum atomic E-state index is 6.03. The molecule has 0 aliphatic heterocycles. The van der Waals surface area contributed by atoms with Gasteiger partial charge >= 0.3 is 0 Å². The van der Waals surface area contributed by atoms with Crippen LogP contribution in [-0.4, -0.2) is 9.97 Å². The van der Waals surface area contributed by atoms with E-state index in [1.54, 1.807) is 0 Å². The zero-order valence-corrected chi connectivity index (χ0v) is 12.1. The fourth-order valence-corrected chi connectivity index (χ4v) is 2.30. The van der Waals surface area contributed by atoms with Crippen molar-refractivity contribution in [3.05, 3.63) is 54.1 Å². The minimum Gasteiger partial charge on any atom is -0.438 e. The van der Waals surface area contributed by atoms with Crippen molar-refractivity contribution >= 4 is 16.9 Å². The number of hydrogen-bond donors (Lipinski definition) is 1. The minimum atomic E-state index is 0.214. The fourth-order valence-electron chi connectivity index (χ4n) is 2.30. The van der Waals surface area contributed by atoms with Gasteiger partial charge in [0.1, 0.15) is 5.75 Å². The summed E-state index contributed by atoms with van der Waals surface area (Å²) in [6.07, 6.45) is 0. The molecule has 1 aromatic heterocycles. The number of para-hydroxylation sites is 2. The highest BCUT2D eigenvalue weighted by Gasteiger charge is 2.12. The van der Waals surface area contributed by atoms with Gasteiger partial charge in [0, 0.05) is 0 Å². The monoisotopic (exact) mass is 279 g/mol. The average Bonchev–Trinajstić information content (AvgIpc) is 2.47. The quantitative estimate of drug-likeness (QED) is 0.783. The molecule has 106 valence electrons. The SMILES string of the molecule is CC(C)c1ccccc1Oc1nc(N)nc2ccccc12. The Kier molecular flexibility index (Phi) is 3.44. The first-order chi connectivity index (χ1) is 10.1. The molecule has 4 heteroatoms. The van der Waals surface area contributed by atoms with Crippen molar-refractivity contribution < 1.29 is 4.74 Å². The second-order valence-corrected chi connectivity index (χ2v) is 5.20. The third kappa shape index (κ3) is 2.65. The molecule has 0 aliphatic carbocycles. The maximum Gasteiger partial charge on any atom is 0.231 e. The van der Waals surface area contributed by atoms with Crippen LogP contribution in [0.5, 0.6) is 11.6 Å². The molecule has 0 unspecified atom stereocenters. The molecule has 4 nitrogen and oxygen atoms in total. The second kappa shape index (κ2) is 5.40. The van der Waals surface area contributed by atoms with Crippen molar-refractivity contribution in [2.24, 2.45) is 0 Å². The average molecular weight is 279 g/mol. The van der Waals surface area contributed by atoms with Crippen molar-refractivity contribution in [1.29, 1.82) is 0 Å². The largest absolute Gasteiger partial charge is 0.438 e. The molecular formula is C17H17N3O. The number of rotatable bonds is 3. The molecule has 0 atom stereocenters. The third-order valence-electron chi connectivity index (χ3n) is 3.33. The normalized spacial score (nSPS) is 11.0. The maximum absolute atomic E-state index is 6.03. The molecule has 0 fully saturated rings. The van der Waals surface area contributed by atoms with Crippen LogP contribution in [0.1, 0.15) is 25.3 Å².